The molecule has 6 nitrogen and oxygen atoms in total. The molecule has 0 saturated carbocycles. The van der Waals surface area contributed by atoms with Gasteiger partial charge in [0.05, 0.1) is 17.2 Å². The number of ether oxygens (including phenoxy) is 1. The van der Waals surface area contributed by atoms with Gasteiger partial charge in [0, 0.05) is 13.1 Å². The van der Waals surface area contributed by atoms with Crippen molar-refractivity contribution in [1.29, 1.82) is 0 Å². The van der Waals surface area contributed by atoms with Gasteiger partial charge in [-0.3, -0.25) is 4.79 Å². The van der Waals surface area contributed by atoms with E-state index in [1.165, 1.54) is 12.1 Å². The number of hydrogen-bond acceptors (Lipinski definition) is 4. The molecule has 3 rings (SSSR count). The van der Waals surface area contributed by atoms with E-state index in [4.69, 9.17) is 4.74 Å². The second kappa shape index (κ2) is 7.66. The van der Waals surface area contributed by atoms with Gasteiger partial charge in [0.1, 0.15) is 17.6 Å². The quantitative estimate of drug-likeness (QED) is 0.785. The molecule has 0 spiro atoms. The van der Waals surface area contributed by atoms with Crippen LogP contribution in [0.3, 0.4) is 0 Å². The van der Waals surface area contributed by atoms with Gasteiger partial charge < -0.3 is 9.64 Å². The Labute approximate surface area is 158 Å². The molecule has 1 aliphatic heterocycles. The van der Waals surface area contributed by atoms with Gasteiger partial charge in [-0.2, -0.15) is 4.31 Å². The maximum Gasteiger partial charge on any atom is 0.245 e. The molecule has 1 saturated heterocycles. The van der Waals surface area contributed by atoms with Gasteiger partial charge in [0.25, 0.3) is 0 Å². The minimum Gasteiger partial charge on any atom is -0.492 e. The van der Waals surface area contributed by atoms with Crippen LogP contribution < -0.4 is 9.64 Å². The van der Waals surface area contributed by atoms with E-state index in [2.05, 4.69) is 0 Å². The van der Waals surface area contributed by atoms with Crippen molar-refractivity contribution in [1.82, 2.24) is 4.31 Å². The summed E-state index contributed by atoms with van der Waals surface area (Å²) in [7, 11) is -3.90. The Kier molecular flexibility index (Phi) is 5.48. The summed E-state index contributed by atoms with van der Waals surface area (Å²) in [4.78, 5) is 14.4. The zero-order valence-corrected chi connectivity index (χ0v) is 15.9. The SMILES string of the molecule is CCOc1ccccc1N1CCN(S(=O)(=O)c2ccc(F)cc2)[C@@H](C)C1=O. The fourth-order valence-corrected chi connectivity index (χ4v) is 4.70. The maximum absolute atomic E-state index is 13.1. The Morgan fingerprint density at radius 2 is 1.78 bits per heavy atom. The molecule has 27 heavy (non-hydrogen) atoms. The van der Waals surface area contributed by atoms with E-state index in [0.29, 0.717) is 18.0 Å². The van der Waals surface area contributed by atoms with Crippen LogP contribution in [0.2, 0.25) is 0 Å². The standard InChI is InChI=1S/C19H21FN2O4S/c1-3-26-18-7-5-4-6-17(18)21-12-13-22(14(2)19(21)23)27(24,25)16-10-8-15(20)9-11-16/h4-11,14H,3,12-13H2,1-2H3/t14-/m0/s1. The van der Waals surface area contributed by atoms with Gasteiger partial charge in [-0.1, -0.05) is 12.1 Å². The highest BCUT2D eigenvalue weighted by Gasteiger charge is 2.40. The third kappa shape index (κ3) is 3.68. The third-order valence-corrected chi connectivity index (χ3v) is 6.46. The van der Waals surface area contributed by atoms with Gasteiger partial charge in [-0.25, -0.2) is 12.8 Å². The summed E-state index contributed by atoms with van der Waals surface area (Å²) >= 11 is 0. The van der Waals surface area contributed by atoms with Crippen molar-refractivity contribution in [2.24, 2.45) is 0 Å². The molecule has 1 heterocycles. The van der Waals surface area contributed by atoms with Crippen molar-refractivity contribution >= 4 is 21.6 Å². The zero-order chi connectivity index (χ0) is 19.6. The first-order valence-electron chi connectivity index (χ1n) is 8.67. The smallest absolute Gasteiger partial charge is 0.245 e. The summed E-state index contributed by atoms with van der Waals surface area (Å²) in [6.45, 7) is 4.20. The van der Waals surface area contributed by atoms with E-state index in [1.54, 1.807) is 30.0 Å². The van der Waals surface area contributed by atoms with E-state index in [9.17, 15) is 17.6 Å². The van der Waals surface area contributed by atoms with Crippen LogP contribution >= 0.6 is 0 Å². The molecule has 2 aromatic carbocycles. The number of nitrogens with zero attached hydrogens (tertiary/aromatic N) is 2. The van der Waals surface area contributed by atoms with E-state index < -0.39 is 21.9 Å². The maximum atomic E-state index is 13.1. The summed E-state index contributed by atoms with van der Waals surface area (Å²) in [6, 6.07) is 10.9. The number of sulfonamides is 1. The van der Waals surface area contributed by atoms with Gasteiger partial charge in [-0.15, -0.1) is 0 Å². The lowest BCUT2D eigenvalue weighted by Gasteiger charge is -2.38. The molecule has 1 aliphatic rings. The summed E-state index contributed by atoms with van der Waals surface area (Å²) in [5.74, 6) is -0.273. The van der Waals surface area contributed by atoms with Crippen molar-refractivity contribution in [3.8, 4) is 5.75 Å². The van der Waals surface area contributed by atoms with E-state index in [0.717, 1.165) is 16.4 Å². The number of benzene rings is 2. The summed E-state index contributed by atoms with van der Waals surface area (Å²) < 4.78 is 45.6. The minimum atomic E-state index is -3.90. The molecular formula is C19H21FN2O4S. The number of para-hydroxylation sites is 2. The van der Waals surface area contributed by atoms with Gasteiger partial charge in [0.15, 0.2) is 0 Å². The number of hydrogen-bond donors (Lipinski definition) is 0. The normalized spacial score (nSPS) is 18.6. The molecule has 0 aliphatic carbocycles. The van der Waals surface area contributed by atoms with Crippen LogP contribution in [0.5, 0.6) is 5.75 Å². The van der Waals surface area contributed by atoms with E-state index in [-0.39, 0.29) is 23.9 Å². The average molecular weight is 392 g/mol. The molecule has 0 bridgehead atoms. The summed E-state index contributed by atoms with van der Waals surface area (Å²) in [5.41, 5.74) is 0.620. The van der Waals surface area contributed by atoms with Crippen molar-refractivity contribution < 1.29 is 22.3 Å². The molecule has 0 radical (unpaired) electrons. The van der Waals surface area contributed by atoms with Gasteiger partial charge in [0.2, 0.25) is 15.9 Å². The number of piperazine rings is 1. The lowest BCUT2D eigenvalue weighted by molar-refractivity contribution is -0.123. The Morgan fingerprint density at radius 1 is 1.11 bits per heavy atom. The number of halogens is 1. The fraction of sp³-hybridized carbons (Fsp3) is 0.316. The monoisotopic (exact) mass is 392 g/mol. The van der Waals surface area contributed by atoms with Crippen molar-refractivity contribution in [2.75, 3.05) is 24.6 Å². The molecule has 8 heteroatoms. The van der Waals surface area contributed by atoms with Crippen LogP contribution in [0.15, 0.2) is 53.4 Å². The van der Waals surface area contributed by atoms with Crippen LogP contribution in [-0.4, -0.2) is 44.4 Å². The van der Waals surface area contributed by atoms with Crippen LogP contribution in [0.25, 0.3) is 0 Å². The number of anilines is 1. The average Bonchev–Trinajstić information content (AvgIpc) is 2.65. The number of carbonyl (C=O) groups is 1. The lowest BCUT2D eigenvalue weighted by Crippen LogP contribution is -2.57. The van der Waals surface area contributed by atoms with Gasteiger partial charge >= 0.3 is 0 Å². The highest BCUT2D eigenvalue weighted by molar-refractivity contribution is 7.89. The number of rotatable bonds is 5. The van der Waals surface area contributed by atoms with Crippen molar-refractivity contribution in [2.45, 2.75) is 24.8 Å². The van der Waals surface area contributed by atoms with Crippen molar-refractivity contribution in [3.63, 3.8) is 0 Å². The lowest BCUT2D eigenvalue weighted by atomic mass is 10.2. The Balaban J connectivity index is 1.88. The molecule has 0 unspecified atom stereocenters. The fourth-order valence-electron chi connectivity index (χ4n) is 3.12. The molecular weight excluding hydrogens is 371 g/mol. The zero-order valence-electron chi connectivity index (χ0n) is 15.1. The molecule has 1 fully saturated rings. The van der Waals surface area contributed by atoms with Crippen LogP contribution in [-0.2, 0) is 14.8 Å². The molecule has 0 N–H and O–H groups in total. The second-order valence-electron chi connectivity index (χ2n) is 6.14. The van der Waals surface area contributed by atoms with E-state index >= 15 is 0 Å². The Hall–Kier alpha value is -2.45. The highest BCUT2D eigenvalue weighted by atomic mass is 32.2. The summed E-state index contributed by atoms with van der Waals surface area (Å²) in [6.07, 6.45) is 0. The van der Waals surface area contributed by atoms with Crippen molar-refractivity contribution in [3.05, 3.63) is 54.3 Å². The first-order valence-corrected chi connectivity index (χ1v) is 10.1. The van der Waals surface area contributed by atoms with Crippen LogP contribution in [0.4, 0.5) is 10.1 Å². The summed E-state index contributed by atoms with van der Waals surface area (Å²) in [5, 5.41) is 0. The van der Waals surface area contributed by atoms with Crippen LogP contribution in [0, 0.1) is 5.82 Å². The van der Waals surface area contributed by atoms with Gasteiger partial charge in [-0.05, 0) is 50.2 Å². The Bertz CT molecular complexity index is 931. The first-order chi connectivity index (χ1) is 12.9. The molecule has 1 amide bonds. The molecule has 144 valence electrons. The number of carbonyl (C=O) groups excluding carboxylic acids is 1. The minimum absolute atomic E-state index is 0.0354. The van der Waals surface area contributed by atoms with Crippen LogP contribution in [0.1, 0.15) is 13.8 Å². The molecule has 2 aromatic rings. The number of amides is 1. The predicted octanol–water partition coefficient (Wildman–Crippen LogP) is 2.65. The topological polar surface area (TPSA) is 66.9 Å². The highest BCUT2D eigenvalue weighted by Crippen LogP contribution is 2.32. The Morgan fingerprint density at radius 3 is 2.44 bits per heavy atom. The first kappa shape index (κ1) is 19.3. The molecule has 0 aromatic heterocycles. The largest absolute Gasteiger partial charge is 0.492 e. The second-order valence-corrected chi connectivity index (χ2v) is 8.03. The predicted molar refractivity (Wildman–Crippen MR) is 99.7 cm³/mol. The molecule has 1 atom stereocenters. The third-order valence-electron chi connectivity index (χ3n) is 4.48. The van der Waals surface area contributed by atoms with E-state index in [1.807, 2.05) is 13.0 Å².